The van der Waals surface area contributed by atoms with Gasteiger partial charge in [-0.05, 0) is 25.7 Å². The summed E-state index contributed by atoms with van der Waals surface area (Å²) in [4.78, 5) is 16.7. The maximum absolute atomic E-state index is 12.4. The van der Waals surface area contributed by atoms with Crippen LogP contribution in [0.5, 0.6) is 0 Å². The topological polar surface area (TPSA) is 35.6 Å². The predicted octanol–water partition coefficient (Wildman–Crippen LogP) is 1.97. The van der Waals surface area contributed by atoms with Crippen molar-refractivity contribution in [1.29, 1.82) is 0 Å². The highest BCUT2D eigenvalue weighted by Gasteiger charge is 2.14. The number of amides is 1. The molecule has 118 valence electrons. The fourth-order valence-electron chi connectivity index (χ4n) is 2.29. The third-order valence-electron chi connectivity index (χ3n) is 3.74. The van der Waals surface area contributed by atoms with Gasteiger partial charge in [0, 0.05) is 32.6 Å². The van der Waals surface area contributed by atoms with Crippen molar-refractivity contribution >= 4 is 5.91 Å². The molecule has 0 saturated heterocycles. The lowest BCUT2D eigenvalue weighted by Crippen LogP contribution is -2.39. The Kier molecular flexibility index (Phi) is 8.71. The monoisotopic (exact) mass is 291 g/mol. The molecule has 1 aromatic rings. The highest BCUT2D eigenvalue weighted by Crippen LogP contribution is 2.06. The highest BCUT2D eigenvalue weighted by atomic mass is 16.2. The molecule has 0 unspecified atom stereocenters. The van der Waals surface area contributed by atoms with Crippen molar-refractivity contribution < 1.29 is 4.79 Å². The van der Waals surface area contributed by atoms with Crippen LogP contribution in [0.1, 0.15) is 25.8 Å². The first kappa shape index (κ1) is 17.7. The Bertz CT molecular complexity index is 390. The molecule has 1 N–H and O–H groups in total. The molecule has 1 rings (SSSR count). The quantitative estimate of drug-likeness (QED) is 0.716. The zero-order valence-corrected chi connectivity index (χ0v) is 13.6. The Morgan fingerprint density at radius 3 is 2.33 bits per heavy atom. The van der Waals surface area contributed by atoms with Gasteiger partial charge in [-0.25, -0.2) is 0 Å². The van der Waals surface area contributed by atoms with Crippen molar-refractivity contribution in [2.45, 2.75) is 26.8 Å². The zero-order chi connectivity index (χ0) is 15.5. The molecule has 0 fully saturated rings. The summed E-state index contributed by atoms with van der Waals surface area (Å²) in [6.07, 6.45) is 0.557. The predicted molar refractivity (Wildman–Crippen MR) is 88.2 cm³/mol. The molecule has 0 atom stereocenters. The van der Waals surface area contributed by atoms with Crippen LogP contribution in [-0.4, -0.2) is 55.5 Å². The van der Waals surface area contributed by atoms with Crippen LogP contribution in [0.3, 0.4) is 0 Å². The van der Waals surface area contributed by atoms with Crippen molar-refractivity contribution in [3.8, 4) is 0 Å². The minimum absolute atomic E-state index is 0.223. The number of benzene rings is 1. The zero-order valence-electron chi connectivity index (χ0n) is 13.6. The summed E-state index contributed by atoms with van der Waals surface area (Å²) in [5, 5.41) is 3.05. The second-order valence-corrected chi connectivity index (χ2v) is 5.18. The SMILES string of the molecule is CCN(CC)CCN(Cc1ccccc1)C(=O)CCNC. The molecule has 0 aliphatic rings. The normalized spacial score (nSPS) is 10.9. The Balaban J connectivity index is 2.62. The maximum atomic E-state index is 12.4. The number of hydrogen-bond donors (Lipinski definition) is 1. The van der Waals surface area contributed by atoms with Gasteiger partial charge in [0.15, 0.2) is 0 Å². The smallest absolute Gasteiger partial charge is 0.224 e. The average Bonchev–Trinajstić information content (AvgIpc) is 2.53. The van der Waals surface area contributed by atoms with Crippen LogP contribution in [0.15, 0.2) is 30.3 Å². The molecule has 0 bridgehead atoms. The molecule has 0 heterocycles. The average molecular weight is 291 g/mol. The lowest BCUT2D eigenvalue weighted by molar-refractivity contribution is -0.131. The molecule has 0 radical (unpaired) electrons. The maximum Gasteiger partial charge on any atom is 0.224 e. The molecular weight excluding hydrogens is 262 g/mol. The first-order chi connectivity index (χ1) is 10.2. The largest absolute Gasteiger partial charge is 0.337 e. The van der Waals surface area contributed by atoms with E-state index in [4.69, 9.17) is 0 Å². The number of rotatable bonds is 10. The van der Waals surface area contributed by atoms with Crippen LogP contribution in [0.2, 0.25) is 0 Å². The summed E-state index contributed by atoms with van der Waals surface area (Å²) in [5.74, 6) is 0.223. The van der Waals surface area contributed by atoms with Crippen LogP contribution >= 0.6 is 0 Å². The molecule has 1 aromatic carbocycles. The fourth-order valence-corrected chi connectivity index (χ4v) is 2.29. The van der Waals surface area contributed by atoms with E-state index in [2.05, 4.69) is 36.2 Å². The van der Waals surface area contributed by atoms with Crippen LogP contribution < -0.4 is 5.32 Å². The molecule has 4 heteroatoms. The van der Waals surface area contributed by atoms with E-state index in [-0.39, 0.29) is 5.91 Å². The van der Waals surface area contributed by atoms with Crippen LogP contribution in [-0.2, 0) is 11.3 Å². The third-order valence-corrected chi connectivity index (χ3v) is 3.74. The summed E-state index contributed by atoms with van der Waals surface area (Å²) in [6.45, 7) is 9.53. The van der Waals surface area contributed by atoms with E-state index in [1.165, 1.54) is 5.56 Å². The first-order valence-corrected chi connectivity index (χ1v) is 7.89. The molecule has 0 aromatic heterocycles. The van der Waals surface area contributed by atoms with Gasteiger partial charge < -0.3 is 15.1 Å². The number of nitrogens with zero attached hydrogens (tertiary/aromatic N) is 2. The van der Waals surface area contributed by atoms with Crippen LogP contribution in [0.4, 0.5) is 0 Å². The molecule has 0 saturated carbocycles. The van der Waals surface area contributed by atoms with Gasteiger partial charge in [0.05, 0.1) is 0 Å². The second-order valence-electron chi connectivity index (χ2n) is 5.18. The van der Waals surface area contributed by atoms with Gasteiger partial charge >= 0.3 is 0 Å². The van der Waals surface area contributed by atoms with Crippen LogP contribution in [0, 0.1) is 0 Å². The van der Waals surface area contributed by atoms with Crippen molar-refractivity contribution in [3.05, 3.63) is 35.9 Å². The minimum Gasteiger partial charge on any atom is -0.337 e. The van der Waals surface area contributed by atoms with Gasteiger partial charge in [-0.15, -0.1) is 0 Å². The van der Waals surface area contributed by atoms with Crippen molar-refractivity contribution in [1.82, 2.24) is 15.1 Å². The summed E-state index contributed by atoms with van der Waals surface area (Å²) in [5.41, 5.74) is 1.19. The molecule has 21 heavy (non-hydrogen) atoms. The fraction of sp³-hybridized carbons (Fsp3) is 0.588. The number of nitrogens with one attached hydrogen (secondary N) is 1. The molecule has 0 spiro atoms. The number of carbonyl (C=O) groups is 1. The van der Waals surface area contributed by atoms with Gasteiger partial charge in [0.1, 0.15) is 0 Å². The summed E-state index contributed by atoms with van der Waals surface area (Å²) in [7, 11) is 1.88. The highest BCUT2D eigenvalue weighted by molar-refractivity contribution is 5.76. The molecule has 0 aliphatic carbocycles. The number of hydrogen-bond acceptors (Lipinski definition) is 3. The van der Waals surface area contributed by atoms with E-state index >= 15 is 0 Å². The standard InChI is InChI=1S/C17H29N3O/c1-4-19(5-2)13-14-20(17(21)11-12-18-3)15-16-9-7-6-8-10-16/h6-10,18H,4-5,11-15H2,1-3H3. The first-order valence-electron chi connectivity index (χ1n) is 7.89. The van der Waals surface area contributed by atoms with E-state index in [0.717, 1.165) is 32.7 Å². The van der Waals surface area contributed by atoms with E-state index in [1.54, 1.807) is 0 Å². The van der Waals surface area contributed by atoms with Gasteiger partial charge in [-0.1, -0.05) is 44.2 Å². The van der Waals surface area contributed by atoms with E-state index in [0.29, 0.717) is 13.0 Å². The van der Waals surface area contributed by atoms with Crippen LogP contribution in [0.25, 0.3) is 0 Å². The van der Waals surface area contributed by atoms with Gasteiger partial charge in [-0.3, -0.25) is 4.79 Å². The number of carbonyl (C=O) groups excluding carboxylic acids is 1. The molecule has 4 nitrogen and oxygen atoms in total. The third kappa shape index (κ3) is 6.74. The lowest BCUT2D eigenvalue weighted by atomic mass is 10.2. The Morgan fingerprint density at radius 1 is 1.10 bits per heavy atom. The van der Waals surface area contributed by atoms with Crippen molar-refractivity contribution in [2.75, 3.05) is 39.8 Å². The molecular formula is C17H29N3O. The summed E-state index contributed by atoms with van der Waals surface area (Å²) < 4.78 is 0. The Hall–Kier alpha value is -1.39. The van der Waals surface area contributed by atoms with E-state index in [1.807, 2.05) is 30.1 Å². The minimum atomic E-state index is 0.223. The van der Waals surface area contributed by atoms with Crippen molar-refractivity contribution in [3.63, 3.8) is 0 Å². The molecule has 0 aliphatic heterocycles. The van der Waals surface area contributed by atoms with Crippen molar-refractivity contribution in [2.24, 2.45) is 0 Å². The van der Waals surface area contributed by atoms with Gasteiger partial charge in [0.25, 0.3) is 0 Å². The van der Waals surface area contributed by atoms with E-state index < -0.39 is 0 Å². The van der Waals surface area contributed by atoms with E-state index in [9.17, 15) is 4.79 Å². The summed E-state index contributed by atoms with van der Waals surface area (Å²) >= 11 is 0. The second kappa shape index (κ2) is 10.4. The summed E-state index contributed by atoms with van der Waals surface area (Å²) in [6, 6.07) is 10.2. The Labute approximate surface area is 129 Å². The molecule has 1 amide bonds. The Morgan fingerprint density at radius 2 is 1.76 bits per heavy atom. The number of likely N-dealkylation sites (N-methyl/N-ethyl adjacent to an activating group) is 1. The van der Waals surface area contributed by atoms with Gasteiger partial charge in [-0.2, -0.15) is 0 Å². The van der Waals surface area contributed by atoms with Gasteiger partial charge in [0.2, 0.25) is 5.91 Å². The lowest BCUT2D eigenvalue weighted by Gasteiger charge is -2.26.